The van der Waals surface area contributed by atoms with Crippen LogP contribution in [0.5, 0.6) is 0 Å². The van der Waals surface area contributed by atoms with Gasteiger partial charge in [-0.3, -0.25) is 0 Å². The molecule has 1 fully saturated rings. The van der Waals surface area contributed by atoms with Crippen LogP contribution in [0.25, 0.3) is 0 Å². The van der Waals surface area contributed by atoms with E-state index in [1.54, 1.807) is 0 Å². The molecule has 1 N–H and O–H groups in total. The van der Waals surface area contributed by atoms with Crippen LogP contribution in [0.15, 0.2) is 12.7 Å². The SMILES string of the molecule is C=CCNC(=O)O[C@@H]1CCS(=O)(=O)C1. The van der Waals surface area contributed by atoms with Crippen LogP contribution in [0, 0.1) is 0 Å². The first-order chi connectivity index (χ1) is 6.53. The predicted molar refractivity (Wildman–Crippen MR) is 51.7 cm³/mol. The van der Waals surface area contributed by atoms with E-state index in [0.29, 0.717) is 13.0 Å². The van der Waals surface area contributed by atoms with Gasteiger partial charge >= 0.3 is 6.09 Å². The van der Waals surface area contributed by atoms with E-state index in [1.807, 2.05) is 0 Å². The Hall–Kier alpha value is -1.04. The maximum absolute atomic E-state index is 11.0. The summed E-state index contributed by atoms with van der Waals surface area (Å²) in [5.74, 6) is 0.0426. The highest BCUT2D eigenvalue weighted by Crippen LogP contribution is 2.14. The van der Waals surface area contributed by atoms with Gasteiger partial charge in [-0.1, -0.05) is 6.08 Å². The lowest BCUT2D eigenvalue weighted by molar-refractivity contribution is 0.111. The zero-order valence-electron chi connectivity index (χ0n) is 7.73. The first-order valence-electron chi connectivity index (χ1n) is 4.29. The van der Waals surface area contributed by atoms with Gasteiger partial charge in [0.1, 0.15) is 6.10 Å². The van der Waals surface area contributed by atoms with E-state index in [9.17, 15) is 13.2 Å². The van der Waals surface area contributed by atoms with Gasteiger partial charge in [0.2, 0.25) is 0 Å². The van der Waals surface area contributed by atoms with Gasteiger partial charge in [0, 0.05) is 6.54 Å². The lowest BCUT2D eigenvalue weighted by Crippen LogP contribution is -2.29. The third-order valence-electron chi connectivity index (χ3n) is 1.86. The first kappa shape index (κ1) is 11.0. The van der Waals surface area contributed by atoms with E-state index < -0.39 is 22.0 Å². The van der Waals surface area contributed by atoms with E-state index >= 15 is 0 Å². The van der Waals surface area contributed by atoms with Gasteiger partial charge in [-0.05, 0) is 6.42 Å². The Morgan fingerprint density at radius 1 is 1.64 bits per heavy atom. The number of carbonyl (C=O) groups excluding carboxylic acids is 1. The molecule has 80 valence electrons. The number of hydrogen-bond donors (Lipinski definition) is 1. The Bertz CT molecular complexity index is 322. The largest absolute Gasteiger partial charge is 0.445 e. The van der Waals surface area contributed by atoms with Crippen molar-refractivity contribution in [2.45, 2.75) is 12.5 Å². The fraction of sp³-hybridized carbons (Fsp3) is 0.625. The molecule has 14 heavy (non-hydrogen) atoms. The highest BCUT2D eigenvalue weighted by atomic mass is 32.2. The summed E-state index contributed by atoms with van der Waals surface area (Å²) in [5.41, 5.74) is 0. The van der Waals surface area contributed by atoms with Crippen LogP contribution in [0.2, 0.25) is 0 Å². The third kappa shape index (κ3) is 3.37. The topological polar surface area (TPSA) is 72.5 Å². The van der Waals surface area contributed by atoms with Crippen LogP contribution in [0.1, 0.15) is 6.42 Å². The number of alkyl carbamates (subject to hydrolysis) is 1. The summed E-state index contributed by atoms with van der Waals surface area (Å²) in [4.78, 5) is 11.0. The number of ether oxygens (including phenoxy) is 1. The molecular weight excluding hydrogens is 206 g/mol. The van der Waals surface area contributed by atoms with E-state index in [1.165, 1.54) is 6.08 Å². The van der Waals surface area contributed by atoms with Crippen LogP contribution < -0.4 is 5.32 Å². The predicted octanol–water partition coefficient (Wildman–Crippen LogP) is 0.0857. The van der Waals surface area contributed by atoms with Crippen LogP contribution in [-0.4, -0.2) is 38.7 Å². The zero-order chi connectivity index (χ0) is 10.6. The van der Waals surface area contributed by atoms with Crippen LogP contribution in [-0.2, 0) is 14.6 Å². The summed E-state index contributed by atoms with van der Waals surface area (Å²) in [5, 5.41) is 2.41. The molecule has 1 amide bonds. The standard InChI is InChI=1S/C8H13NO4S/c1-2-4-9-8(10)13-7-3-5-14(11,12)6-7/h2,7H,1,3-6H2,(H,9,10)/t7-/m1/s1. The zero-order valence-corrected chi connectivity index (χ0v) is 8.55. The van der Waals surface area contributed by atoms with Crippen molar-refractivity contribution in [3.8, 4) is 0 Å². The van der Waals surface area contributed by atoms with Crippen molar-refractivity contribution in [1.29, 1.82) is 0 Å². The van der Waals surface area contributed by atoms with Crippen molar-refractivity contribution in [2.24, 2.45) is 0 Å². The molecule has 0 aromatic heterocycles. The minimum atomic E-state index is -2.99. The maximum atomic E-state index is 11.0. The summed E-state index contributed by atoms with van der Waals surface area (Å²) in [6.07, 6.45) is 0.827. The number of rotatable bonds is 3. The minimum absolute atomic E-state index is 0.0610. The Labute approximate surface area is 83.0 Å². The monoisotopic (exact) mass is 219 g/mol. The molecule has 0 aliphatic carbocycles. The van der Waals surface area contributed by atoms with Crippen molar-refractivity contribution < 1.29 is 17.9 Å². The smallest absolute Gasteiger partial charge is 0.407 e. The molecule has 0 unspecified atom stereocenters. The van der Waals surface area contributed by atoms with Crippen molar-refractivity contribution in [3.05, 3.63) is 12.7 Å². The Balaban J connectivity index is 2.32. The molecule has 0 aromatic rings. The first-order valence-corrected chi connectivity index (χ1v) is 6.11. The number of nitrogens with one attached hydrogen (secondary N) is 1. The second-order valence-corrected chi connectivity index (χ2v) is 5.33. The maximum Gasteiger partial charge on any atom is 0.407 e. The molecule has 1 rings (SSSR count). The molecular formula is C8H13NO4S. The lowest BCUT2D eigenvalue weighted by Gasteiger charge is -2.09. The molecule has 5 nitrogen and oxygen atoms in total. The average molecular weight is 219 g/mol. The molecule has 0 radical (unpaired) electrons. The molecule has 0 aromatic carbocycles. The van der Waals surface area contributed by atoms with Crippen LogP contribution in [0.3, 0.4) is 0 Å². The van der Waals surface area contributed by atoms with Crippen molar-refractivity contribution >= 4 is 15.9 Å². The lowest BCUT2D eigenvalue weighted by atomic mass is 10.3. The van der Waals surface area contributed by atoms with E-state index in [0.717, 1.165) is 0 Å². The van der Waals surface area contributed by atoms with Crippen LogP contribution >= 0.6 is 0 Å². The second-order valence-electron chi connectivity index (χ2n) is 3.10. The molecule has 0 saturated carbocycles. The highest BCUT2D eigenvalue weighted by molar-refractivity contribution is 7.91. The molecule has 0 bridgehead atoms. The quantitative estimate of drug-likeness (QED) is 0.682. The van der Waals surface area contributed by atoms with Crippen molar-refractivity contribution in [1.82, 2.24) is 5.32 Å². The summed E-state index contributed by atoms with van der Waals surface area (Å²) < 4.78 is 26.9. The van der Waals surface area contributed by atoms with E-state index in [-0.39, 0.29) is 11.5 Å². The van der Waals surface area contributed by atoms with Crippen molar-refractivity contribution in [2.75, 3.05) is 18.1 Å². The van der Waals surface area contributed by atoms with E-state index in [4.69, 9.17) is 4.74 Å². The van der Waals surface area contributed by atoms with Gasteiger partial charge < -0.3 is 10.1 Å². The minimum Gasteiger partial charge on any atom is -0.445 e. The third-order valence-corrected chi connectivity index (χ3v) is 3.59. The van der Waals surface area contributed by atoms with Gasteiger partial charge in [0.25, 0.3) is 0 Å². The summed E-state index contributed by atoms with van der Waals surface area (Å²) in [7, 11) is -2.99. The molecule has 6 heteroatoms. The molecule has 1 atom stereocenters. The Morgan fingerprint density at radius 3 is 2.86 bits per heavy atom. The number of amides is 1. The van der Waals surface area contributed by atoms with Gasteiger partial charge in [0.05, 0.1) is 11.5 Å². The summed E-state index contributed by atoms with van der Waals surface area (Å²) in [6.45, 7) is 3.74. The van der Waals surface area contributed by atoms with Gasteiger partial charge in [0.15, 0.2) is 9.84 Å². The number of sulfone groups is 1. The highest BCUT2D eigenvalue weighted by Gasteiger charge is 2.30. The van der Waals surface area contributed by atoms with Crippen molar-refractivity contribution in [3.63, 3.8) is 0 Å². The van der Waals surface area contributed by atoms with Gasteiger partial charge in [-0.25, -0.2) is 13.2 Å². The summed E-state index contributed by atoms with van der Waals surface area (Å²) in [6, 6.07) is 0. The van der Waals surface area contributed by atoms with Crippen LogP contribution in [0.4, 0.5) is 4.79 Å². The fourth-order valence-corrected chi connectivity index (χ4v) is 2.79. The average Bonchev–Trinajstić information content (AvgIpc) is 2.42. The summed E-state index contributed by atoms with van der Waals surface area (Å²) >= 11 is 0. The fourth-order valence-electron chi connectivity index (χ4n) is 1.20. The molecule has 0 spiro atoms. The Morgan fingerprint density at radius 2 is 2.36 bits per heavy atom. The molecule has 1 saturated heterocycles. The number of hydrogen-bond acceptors (Lipinski definition) is 4. The molecule has 1 heterocycles. The Kier molecular flexibility index (Phi) is 3.51. The number of carbonyl (C=O) groups is 1. The molecule has 1 aliphatic heterocycles. The molecule has 1 aliphatic rings. The second kappa shape index (κ2) is 4.45. The van der Waals surface area contributed by atoms with Gasteiger partial charge in [-0.2, -0.15) is 0 Å². The van der Waals surface area contributed by atoms with Gasteiger partial charge in [-0.15, -0.1) is 6.58 Å². The normalized spacial score (nSPS) is 24.1. The van der Waals surface area contributed by atoms with E-state index in [2.05, 4.69) is 11.9 Å².